The maximum absolute atomic E-state index is 13.4. The van der Waals surface area contributed by atoms with Crippen LogP contribution in [0, 0.1) is 20.8 Å². The SMILES string of the molecule is CCN(CC)c1ccc(C2/C(=C(/O)c3ccc(Br)c(C)c3)C(=O)C(=O)N2Cc2cc(C)ccc2C)cc1. The third-order valence-electron chi connectivity index (χ3n) is 7.15. The van der Waals surface area contributed by atoms with Crippen LogP contribution in [-0.2, 0) is 16.1 Å². The summed E-state index contributed by atoms with van der Waals surface area (Å²) in [7, 11) is 0. The second kappa shape index (κ2) is 10.9. The monoisotopic (exact) mass is 560 g/mol. The molecule has 1 heterocycles. The Bertz CT molecular complexity index is 1370. The number of carbonyl (C=O) groups excluding carboxylic acids is 2. The first-order valence-corrected chi connectivity index (χ1v) is 13.4. The molecule has 1 saturated heterocycles. The number of benzene rings is 3. The average Bonchev–Trinajstić information content (AvgIpc) is 3.13. The van der Waals surface area contributed by atoms with E-state index >= 15 is 0 Å². The molecule has 1 amide bonds. The fourth-order valence-electron chi connectivity index (χ4n) is 4.95. The van der Waals surface area contributed by atoms with Gasteiger partial charge in [-0.25, -0.2) is 0 Å². The Labute approximate surface area is 227 Å². The second-order valence-corrected chi connectivity index (χ2v) is 10.4. The predicted molar refractivity (Wildman–Crippen MR) is 153 cm³/mol. The molecule has 37 heavy (non-hydrogen) atoms. The lowest BCUT2D eigenvalue weighted by molar-refractivity contribution is -0.140. The van der Waals surface area contributed by atoms with Gasteiger partial charge in [-0.1, -0.05) is 57.9 Å². The Balaban J connectivity index is 1.87. The van der Waals surface area contributed by atoms with Gasteiger partial charge in [0, 0.05) is 35.4 Å². The molecule has 1 aliphatic rings. The van der Waals surface area contributed by atoms with Gasteiger partial charge in [0.1, 0.15) is 5.76 Å². The van der Waals surface area contributed by atoms with Crippen molar-refractivity contribution < 1.29 is 14.7 Å². The molecule has 0 spiro atoms. The van der Waals surface area contributed by atoms with E-state index in [2.05, 4.69) is 34.7 Å². The predicted octanol–water partition coefficient (Wildman–Crippen LogP) is 6.84. The maximum Gasteiger partial charge on any atom is 0.295 e. The number of hydrogen-bond acceptors (Lipinski definition) is 4. The highest BCUT2D eigenvalue weighted by Crippen LogP contribution is 2.41. The molecule has 1 unspecified atom stereocenters. The van der Waals surface area contributed by atoms with Crippen molar-refractivity contribution in [2.75, 3.05) is 18.0 Å². The Hall–Kier alpha value is -3.38. The molecule has 5 nitrogen and oxygen atoms in total. The number of Topliss-reactive ketones (excluding diaryl/α,β-unsaturated/α-hetero) is 1. The number of halogens is 1. The summed E-state index contributed by atoms with van der Waals surface area (Å²) in [6.07, 6.45) is 0. The van der Waals surface area contributed by atoms with Crippen LogP contribution in [0.25, 0.3) is 5.76 Å². The molecule has 1 atom stereocenters. The van der Waals surface area contributed by atoms with E-state index in [1.807, 2.05) is 75.4 Å². The smallest absolute Gasteiger partial charge is 0.295 e. The largest absolute Gasteiger partial charge is 0.507 e. The molecule has 192 valence electrons. The zero-order valence-electron chi connectivity index (χ0n) is 22.0. The summed E-state index contributed by atoms with van der Waals surface area (Å²) in [5, 5.41) is 11.4. The van der Waals surface area contributed by atoms with E-state index in [0.717, 1.165) is 51.1 Å². The maximum atomic E-state index is 13.4. The molecule has 0 bridgehead atoms. The van der Waals surface area contributed by atoms with Crippen molar-refractivity contribution >= 4 is 39.1 Å². The summed E-state index contributed by atoms with van der Waals surface area (Å²) in [4.78, 5) is 30.7. The first-order valence-electron chi connectivity index (χ1n) is 12.6. The molecular weight excluding hydrogens is 528 g/mol. The Kier molecular flexibility index (Phi) is 7.88. The number of aryl methyl sites for hydroxylation is 3. The van der Waals surface area contributed by atoms with Gasteiger partial charge >= 0.3 is 0 Å². The lowest BCUT2D eigenvalue weighted by Gasteiger charge is -2.27. The van der Waals surface area contributed by atoms with Gasteiger partial charge in [-0.15, -0.1) is 0 Å². The summed E-state index contributed by atoms with van der Waals surface area (Å²) < 4.78 is 0.906. The molecule has 0 saturated carbocycles. The number of aliphatic hydroxyl groups excluding tert-OH is 1. The Morgan fingerprint density at radius 3 is 2.22 bits per heavy atom. The van der Waals surface area contributed by atoms with Crippen LogP contribution >= 0.6 is 15.9 Å². The molecule has 1 fully saturated rings. The van der Waals surface area contributed by atoms with E-state index in [1.54, 1.807) is 11.0 Å². The van der Waals surface area contributed by atoms with Crippen LogP contribution in [0.2, 0.25) is 0 Å². The molecule has 3 aromatic carbocycles. The normalized spacial score (nSPS) is 16.9. The second-order valence-electron chi connectivity index (χ2n) is 9.58. The highest BCUT2D eigenvalue weighted by atomic mass is 79.9. The van der Waals surface area contributed by atoms with Gasteiger partial charge in [0.05, 0.1) is 11.6 Å². The molecule has 1 aliphatic heterocycles. The molecule has 6 heteroatoms. The van der Waals surface area contributed by atoms with Crippen molar-refractivity contribution in [3.05, 3.63) is 104 Å². The van der Waals surface area contributed by atoms with Gasteiger partial charge in [0.25, 0.3) is 11.7 Å². The molecule has 0 aliphatic carbocycles. The van der Waals surface area contributed by atoms with Crippen molar-refractivity contribution in [1.29, 1.82) is 0 Å². The standard InChI is InChI=1S/C31H33BrN2O3/c1-6-33(7-2)25-13-10-22(11-14-25)28-27(29(35)23-12-15-26(32)21(5)17-23)30(36)31(37)34(28)18-24-16-19(3)8-9-20(24)4/h8-17,28,35H,6-7,18H2,1-5H3/b29-27-. The number of hydrogen-bond donors (Lipinski definition) is 1. The minimum Gasteiger partial charge on any atom is -0.507 e. The number of ketones is 1. The van der Waals surface area contributed by atoms with Crippen LogP contribution in [0.1, 0.15) is 53.3 Å². The zero-order chi connectivity index (χ0) is 26.9. The third-order valence-corrected chi connectivity index (χ3v) is 8.04. The Morgan fingerprint density at radius 2 is 1.59 bits per heavy atom. The van der Waals surface area contributed by atoms with Crippen molar-refractivity contribution in [3.8, 4) is 0 Å². The summed E-state index contributed by atoms with van der Waals surface area (Å²) in [6.45, 7) is 12.2. The number of amides is 1. The van der Waals surface area contributed by atoms with E-state index in [1.165, 1.54) is 0 Å². The minimum absolute atomic E-state index is 0.118. The number of anilines is 1. The van der Waals surface area contributed by atoms with Crippen LogP contribution in [0.4, 0.5) is 5.69 Å². The van der Waals surface area contributed by atoms with Crippen molar-refractivity contribution in [2.45, 2.75) is 47.2 Å². The molecule has 0 radical (unpaired) electrons. The fraction of sp³-hybridized carbons (Fsp3) is 0.290. The lowest BCUT2D eigenvalue weighted by atomic mass is 9.94. The Morgan fingerprint density at radius 1 is 0.919 bits per heavy atom. The van der Waals surface area contributed by atoms with Crippen LogP contribution in [0.3, 0.4) is 0 Å². The van der Waals surface area contributed by atoms with Gasteiger partial charge in [0.15, 0.2) is 0 Å². The molecule has 3 aromatic rings. The van der Waals surface area contributed by atoms with Gasteiger partial charge in [-0.05, 0) is 81.1 Å². The topological polar surface area (TPSA) is 60.9 Å². The van der Waals surface area contributed by atoms with Crippen molar-refractivity contribution in [3.63, 3.8) is 0 Å². The van der Waals surface area contributed by atoms with E-state index in [9.17, 15) is 14.7 Å². The molecular formula is C31H33BrN2O3. The van der Waals surface area contributed by atoms with Crippen LogP contribution < -0.4 is 4.90 Å². The summed E-state index contributed by atoms with van der Waals surface area (Å²) in [5.74, 6) is -1.43. The first kappa shape index (κ1) is 26.7. The fourth-order valence-corrected chi connectivity index (χ4v) is 5.19. The quantitative estimate of drug-likeness (QED) is 0.195. The van der Waals surface area contributed by atoms with E-state index in [-0.39, 0.29) is 17.9 Å². The molecule has 1 N–H and O–H groups in total. The van der Waals surface area contributed by atoms with Gasteiger partial charge in [-0.2, -0.15) is 0 Å². The summed E-state index contributed by atoms with van der Waals surface area (Å²) in [6, 6.07) is 18.8. The molecule has 0 aromatic heterocycles. The number of aliphatic hydroxyl groups is 1. The first-order chi connectivity index (χ1) is 17.7. The van der Waals surface area contributed by atoms with Crippen LogP contribution in [-0.4, -0.2) is 34.8 Å². The van der Waals surface area contributed by atoms with Crippen LogP contribution in [0.5, 0.6) is 0 Å². The number of nitrogens with zero attached hydrogens (tertiary/aromatic N) is 2. The van der Waals surface area contributed by atoms with E-state index < -0.39 is 17.7 Å². The summed E-state index contributed by atoms with van der Waals surface area (Å²) >= 11 is 3.49. The van der Waals surface area contributed by atoms with Gasteiger partial charge in [-0.3, -0.25) is 9.59 Å². The van der Waals surface area contributed by atoms with E-state index in [0.29, 0.717) is 5.56 Å². The van der Waals surface area contributed by atoms with Gasteiger partial charge in [0.2, 0.25) is 0 Å². The zero-order valence-corrected chi connectivity index (χ0v) is 23.6. The number of carbonyl (C=O) groups is 2. The van der Waals surface area contributed by atoms with Crippen molar-refractivity contribution in [2.24, 2.45) is 0 Å². The highest BCUT2D eigenvalue weighted by molar-refractivity contribution is 9.10. The number of likely N-dealkylation sites (tertiary alicyclic amines) is 1. The minimum atomic E-state index is -0.699. The van der Waals surface area contributed by atoms with E-state index in [4.69, 9.17) is 0 Å². The summed E-state index contributed by atoms with van der Waals surface area (Å²) in [5.41, 5.74) is 6.52. The molecule has 4 rings (SSSR count). The van der Waals surface area contributed by atoms with Gasteiger partial charge < -0.3 is 14.9 Å². The third kappa shape index (κ3) is 5.21. The average molecular weight is 562 g/mol. The van der Waals surface area contributed by atoms with Crippen molar-refractivity contribution in [1.82, 2.24) is 4.90 Å². The van der Waals surface area contributed by atoms with Crippen LogP contribution in [0.15, 0.2) is 70.7 Å². The number of rotatable bonds is 7. The highest BCUT2D eigenvalue weighted by Gasteiger charge is 2.46. The lowest BCUT2D eigenvalue weighted by Crippen LogP contribution is -2.29.